The Morgan fingerprint density at radius 3 is 3.00 bits per heavy atom. The molecule has 1 aliphatic heterocycles. The molecule has 0 fully saturated rings. The van der Waals surface area contributed by atoms with Gasteiger partial charge in [-0.05, 0) is 6.07 Å². The maximum atomic E-state index is 5.89. The first-order valence-corrected chi connectivity index (χ1v) is 4.53. The van der Waals surface area contributed by atoms with Crippen LogP contribution in [-0.4, -0.2) is 6.61 Å². The van der Waals surface area contributed by atoms with E-state index in [1.54, 1.807) is 12.1 Å². The van der Waals surface area contributed by atoms with Gasteiger partial charge in [0.05, 0.1) is 17.3 Å². The Morgan fingerprint density at radius 2 is 2.23 bits per heavy atom. The van der Waals surface area contributed by atoms with Gasteiger partial charge in [0.1, 0.15) is 5.75 Å². The topological polar surface area (TPSA) is 61.3 Å². The van der Waals surface area contributed by atoms with Gasteiger partial charge in [0.25, 0.3) is 0 Å². The van der Waals surface area contributed by atoms with Crippen LogP contribution in [0.5, 0.6) is 5.75 Å². The number of nitrogen functional groups attached to an aromatic ring is 1. The molecule has 2 rings (SSSR count). The minimum Gasteiger partial charge on any atom is -0.493 e. The van der Waals surface area contributed by atoms with Crippen molar-refractivity contribution in [3.8, 4) is 5.75 Å². The van der Waals surface area contributed by atoms with Crippen molar-refractivity contribution in [1.82, 2.24) is 0 Å². The molecular weight excluding hydrogens is 188 g/mol. The Kier molecular flexibility index (Phi) is 2.06. The van der Waals surface area contributed by atoms with Crippen LogP contribution in [0.4, 0.5) is 5.69 Å². The van der Waals surface area contributed by atoms with E-state index in [1.165, 1.54) is 0 Å². The van der Waals surface area contributed by atoms with E-state index in [0.717, 1.165) is 17.7 Å². The summed E-state index contributed by atoms with van der Waals surface area (Å²) in [4.78, 5) is 0. The molecule has 0 saturated carbocycles. The highest BCUT2D eigenvalue weighted by Gasteiger charge is 2.19. The highest BCUT2D eigenvalue weighted by Crippen LogP contribution is 2.35. The lowest BCUT2D eigenvalue weighted by Crippen LogP contribution is -2.20. The van der Waals surface area contributed by atoms with Crippen LogP contribution in [0.2, 0.25) is 5.02 Å². The van der Waals surface area contributed by atoms with Crippen LogP contribution in [0.3, 0.4) is 0 Å². The molecule has 0 spiro atoms. The molecule has 70 valence electrons. The van der Waals surface area contributed by atoms with Crippen LogP contribution in [0.25, 0.3) is 0 Å². The monoisotopic (exact) mass is 198 g/mol. The molecule has 1 atom stereocenters. The summed E-state index contributed by atoms with van der Waals surface area (Å²) in [6.45, 7) is 0.647. The molecule has 3 nitrogen and oxygen atoms in total. The average molecular weight is 199 g/mol. The van der Waals surface area contributed by atoms with Crippen LogP contribution in [0.15, 0.2) is 12.1 Å². The number of hydrogen-bond acceptors (Lipinski definition) is 3. The Morgan fingerprint density at radius 1 is 1.46 bits per heavy atom. The normalized spacial score (nSPS) is 20.6. The van der Waals surface area contributed by atoms with Gasteiger partial charge in [-0.25, -0.2) is 0 Å². The van der Waals surface area contributed by atoms with E-state index in [1.807, 2.05) is 0 Å². The van der Waals surface area contributed by atoms with Crippen molar-refractivity contribution in [1.29, 1.82) is 0 Å². The SMILES string of the molecule is Nc1cc2c(cc1Cl)OCCC2N. The maximum absolute atomic E-state index is 5.89. The Labute approximate surface area is 81.6 Å². The van der Waals surface area contributed by atoms with E-state index in [2.05, 4.69) is 0 Å². The Bertz CT molecular complexity index is 341. The van der Waals surface area contributed by atoms with E-state index >= 15 is 0 Å². The van der Waals surface area contributed by atoms with E-state index in [0.29, 0.717) is 17.3 Å². The van der Waals surface area contributed by atoms with Gasteiger partial charge in [-0.2, -0.15) is 0 Å². The predicted octanol–water partition coefficient (Wildman–Crippen LogP) is 1.70. The third kappa shape index (κ3) is 1.45. The highest BCUT2D eigenvalue weighted by atomic mass is 35.5. The zero-order valence-corrected chi connectivity index (χ0v) is 7.84. The lowest BCUT2D eigenvalue weighted by molar-refractivity contribution is 0.269. The molecule has 1 unspecified atom stereocenters. The van der Waals surface area contributed by atoms with Gasteiger partial charge < -0.3 is 16.2 Å². The van der Waals surface area contributed by atoms with Crippen LogP contribution < -0.4 is 16.2 Å². The van der Waals surface area contributed by atoms with Crippen molar-refractivity contribution in [3.05, 3.63) is 22.7 Å². The molecule has 13 heavy (non-hydrogen) atoms. The average Bonchev–Trinajstić information content (AvgIpc) is 2.09. The second-order valence-electron chi connectivity index (χ2n) is 3.16. The quantitative estimate of drug-likeness (QED) is 0.624. The second-order valence-corrected chi connectivity index (χ2v) is 3.56. The molecule has 1 aromatic carbocycles. The number of hydrogen-bond donors (Lipinski definition) is 2. The van der Waals surface area contributed by atoms with Gasteiger partial charge in [-0.3, -0.25) is 0 Å². The van der Waals surface area contributed by atoms with E-state index in [9.17, 15) is 0 Å². The minimum atomic E-state index is 0.0170. The molecule has 0 saturated heterocycles. The molecule has 4 heteroatoms. The van der Waals surface area contributed by atoms with Crippen LogP contribution in [0, 0.1) is 0 Å². The minimum absolute atomic E-state index is 0.0170. The fourth-order valence-electron chi connectivity index (χ4n) is 1.46. The molecule has 1 aliphatic rings. The number of nitrogens with two attached hydrogens (primary N) is 2. The number of fused-ring (bicyclic) bond motifs is 1. The Balaban J connectivity index is 2.52. The first-order valence-electron chi connectivity index (χ1n) is 4.16. The number of ether oxygens (including phenoxy) is 1. The lowest BCUT2D eigenvalue weighted by atomic mass is 10.0. The number of rotatable bonds is 0. The van der Waals surface area contributed by atoms with E-state index in [-0.39, 0.29) is 6.04 Å². The van der Waals surface area contributed by atoms with Crippen molar-refractivity contribution in [2.45, 2.75) is 12.5 Å². The molecule has 0 aliphatic carbocycles. The second kappa shape index (κ2) is 3.09. The smallest absolute Gasteiger partial charge is 0.125 e. The van der Waals surface area contributed by atoms with Gasteiger partial charge in [0.15, 0.2) is 0 Å². The molecule has 1 heterocycles. The summed E-state index contributed by atoms with van der Waals surface area (Å²) >= 11 is 5.85. The zero-order valence-electron chi connectivity index (χ0n) is 7.09. The number of benzene rings is 1. The summed E-state index contributed by atoms with van der Waals surface area (Å²) in [7, 11) is 0. The first kappa shape index (κ1) is 8.66. The molecule has 0 amide bonds. The maximum Gasteiger partial charge on any atom is 0.125 e. The van der Waals surface area contributed by atoms with Gasteiger partial charge in [-0.1, -0.05) is 11.6 Å². The highest BCUT2D eigenvalue weighted by molar-refractivity contribution is 6.33. The van der Waals surface area contributed by atoms with Crippen molar-refractivity contribution in [2.24, 2.45) is 5.73 Å². The van der Waals surface area contributed by atoms with Crippen molar-refractivity contribution in [3.63, 3.8) is 0 Å². The fourth-order valence-corrected chi connectivity index (χ4v) is 1.61. The first-order chi connectivity index (χ1) is 6.18. The predicted molar refractivity (Wildman–Crippen MR) is 52.9 cm³/mol. The summed E-state index contributed by atoms with van der Waals surface area (Å²) in [6.07, 6.45) is 0.827. The summed E-state index contributed by atoms with van der Waals surface area (Å²) in [5.74, 6) is 0.762. The molecule has 0 bridgehead atoms. The van der Waals surface area contributed by atoms with Crippen molar-refractivity contribution >= 4 is 17.3 Å². The number of anilines is 1. The molecule has 0 aromatic heterocycles. The van der Waals surface area contributed by atoms with Gasteiger partial charge in [-0.15, -0.1) is 0 Å². The zero-order chi connectivity index (χ0) is 9.42. The van der Waals surface area contributed by atoms with Crippen LogP contribution >= 0.6 is 11.6 Å². The molecular formula is C9H11ClN2O. The van der Waals surface area contributed by atoms with Gasteiger partial charge in [0, 0.05) is 24.1 Å². The summed E-state index contributed by atoms with van der Waals surface area (Å²) < 4.78 is 5.41. The molecule has 1 aromatic rings. The fraction of sp³-hybridized carbons (Fsp3) is 0.333. The summed E-state index contributed by atoms with van der Waals surface area (Å²) in [5, 5.41) is 0.521. The van der Waals surface area contributed by atoms with E-state index in [4.69, 9.17) is 27.8 Å². The van der Waals surface area contributed by atoms with Gasteiger partial charge in [0.2, 0.25) is 0 Å². The summed E-state index contributed by atoms with van der Waals surface area (Å²) in [5.41, 5.74) is 13.1. The molecule has 4 N–H and O–H groups in total. The van der Waals surface area contributed by atoms with Crippen LogP contribution in [-0.2, 0) is 0 Å². The largest absolute Gasteiger partial charge is 0.493 e. The van der Waals surface area contributed by atoms with Crippen LogP contribution in [0.1, 0.15) is 18.0 Å². The van der Waals surface area contributed by atoms with Gasteiger partial charge >= 0.3 is 0 Å². The number of halogens is 1. The van der Waals surface area contributed by atoms with E-state index < -0.39 is 0 Å². The Hall–Kier alpha value is -0.930. The molecule has 0 radical (unpaired) electrons. The lowest BCUT2D eigenvalue weighted by Gasteiger charge is -2.23. The van der Waals surface area contributed by atoms with Crippen molar-refractivity contribution in [2.75, 3.05) is 12.3 Å². The third-order valence-electron chi connectivity index (χ3n) is 2.22. The van der Waals surface area contributed by atoms with Crippen molar-refractivity contribution < 1.29 is 4.74 Å². The standard InChI is InChI=1S/C9H11ClN2O/c10-6-4-9-5(3-8(6)12)7(11)1-2-13-9/h3-4,7H,1-2,11-12H2. The third-order valence-corrected chi connectivity index (χ3v) is 2.54. The summed E-state index contributed by atoms with van der Waals surface area (Å²) in [6, 6.07) is 3.54.